The number of benzene rings is 1. The lowest BCUT2D eigenvalue weighted by molar-refractivity contribution is -0.132. The van der Waals surface area contributed by atoms with Gasteiger partial charge in [-0.3, -0.25) is 4.79 Å². The largest absolute Gasteiger partial charge is 0.342 e. The minimum Gasteiger partial charge on any atom is -0.342 e. The first-order chi connectivity index (χ1) is 10.7. The highest BCUT2D eigenvalue weighted by Gasteiger charge is 2.27. The molecule has 0 aromatic heterocycles. The molecule has 3 nitrogen and oxygen atoms in total. The molecule has 2 heterocycles. The van der Waals surface area contributed by atoms with E-state index in [2.05, 4.69) is 4.90 Å². The summed E-state index contributed by atoms with van der Waals surface area (Å²) in [6.07, 6.45) is 6.82. The maximum atomic E-state index is 12.4. The number of halogens is 1. The topological polar surface area (TPSA) is 23.6 Å². The van der Waals surface area contributed by atoms with E-state index in [0.717, 1.165) is 36.5 Å². The highest BCUT2D eigenvalue weighted by Crippen LogP contribution is 2.21. The maximum Gasteiger partial charge on any atom is 0.226 e. The summed E-state index contributed by atoms with van der Waals surface area (Å²) in [6.45, 7) is 4.33. The Kier molecular flexibility index (Phi) is 5.37. The van der Waals surface area contributed by atoms with Crippen molar-refractivity contribution in [2.75, 3.05) is 26.2 Å². The van der Waals surface area contributed by atoms with Gasteiger partial charge in [0.25, 0.3) is 0 Å². The molecular weight excluding hydrogens is 296 g/mol. The zero-order chi connectivity index (χ0) is 15.4. The average Bonchev–Trinajstić information content (AvgIpc) is 2.58. The number of nitrogens with zero attached hydrogens (tertiary/aromatic N) is 2. The molecule has 0 saturated carbocycles. The summed E-state index contributed by atoms with van der Waals surface area (Å²) in [5.74, 6) is 0.249. The van der Waals surface area contributed by atoms with Crippen molar-refractivity contribution in [3.05, 3.63) is 34.9 Å². The molecule has 1 aromatic carbocycles. The Morgan fingerprint density at radius 2 is 1.64 bits per heavy atom. The second-order valence-corrected chi connectivity index (χ2v) is 6.95. The smallest absolute Gasteiger partial charge is 0.226 e. The summed E-state index contributed by atoms with van der Waals surface area (Å²) >= 11 is 5.89. The number of likely N-dealkylation sites (tertiary alicyclic amines) is 2. The van der Waals surface area contributed by atoms with Crippen molar-refractivity contribution in [1.29, 1.82) is 0 Å². The molecule has 0 spiro atoms. The van der Waals surface area contributed by atoms with Crippen molar-refractivity contribution in [2.24, 2.45) is 0 Å². The first kappa shape index (κ1) is 15.8. The van der Waals surface area contributed by atoms with Crippen molar-refractivity contribution in [1.82, 2.24) is 9.80 Å². The molecule has 22 heavy (non-hydrogen) atoms. The SMILES string of the molecule is O=C(Cc1ccc(Cl)cc1)N1CCC(N2CCCCC2)CC1. The van der Waals surface area contributed by atoms with Crippen LogP contribution in [0.4, 0.5) is 0 Å². The first-order valence-corrected chi connectivity index (χ1v) is 8.86. The van der Waals surface area contributed by atoms with Crippen molar-refractivity contribution in [2.45, 2.75) is 44.6 Å². The minimum absolute atomic E-state index is 0.249. The van der Waals surface area contributed by atoms with Gasteiger partial charge in [-0.15, -0.1) is 0 Å². The second-order valence-electron chi connectivity index (χ2n) is 6.51. The highest BCUT2D eigenvalue weighted by molar-refractivity contribution is 6.30. The maximum absolute atomic E-state index is 12.4. The summed E-state index contributed by atoms with van der Waals surface area (Å²) in [6, 6.07) is 8.29. The van der Waals surface area contributed by atoms with E-state index in [4.69, 9.17) is 11.6 Å². The molecule has 2 aliphatic heterocycles. The number of carbonyl (C=O) groups is 1. The van der Waals surface area contributed by atoms with Gasteiger partial charge < -0.3 is 9.80 Å². The fraction of sp³-hybridized carbons (Fsp3) is 0.611. The van der Waals surface area contributed by atoms with Gasteiger partial charge in [-0.05, 0) is 56.5 Å². The van der Waals surface area contributed by atoms with E-state index in [1.165, 1.54) is 32.4 Å². The molecule has 0 N–H and O–H groups in total. The molecule has 4 heteroatoms. The molecule has 0 radical (unpaired) electrons. The van der Waals surface area contributed by atoms with Crippen LogP contribution in [0.3, 0.4) is 0 Å². The van der Waals surface area contributed by atoms with Crippen LogP contribution in [0.1, 0.15) is 37.7 Å². The summed E-state index contributed by atoms with van der Waals surface area (Å²) in [5.41, 5.74) is 1.05. The van der Waals surface area contributed by atoms with Crippen LogP contribution in [-0.2, 0) is 11.2 Å². The summed E-state index contributed by atoms with van der Waals surface area (Å²) < 4.78 is 0. The van der Waals surface area contributed by atoms with E-state index in [1.54, 1.807) is 0 Å². The van der Waals surface area contributed by atoms with Gasteiger partial charge >= 0.3 is 0 Å². The number of carbonyl (C=O) groups excluding carboxylic acids is 1. The Morgan fingerprint density at radius 1 is 1.00 bits per heavy atom. The standard InChI is InChI=1S/C18H25ClN2O/c19-16-6-4-15(5-7-16)14-18(22)21-12-8-17(9-13-21)20-10-2-1-3-11-20/h4-7,17H,1-3,8-14H2. The van der Waals surface area contributed by atoms with Crippen LogP contribution in [0.25, 0.3) is 0 Å². The molecule has 2 saturated heterocycles. The van der Waals surface area contributed by atoms with Crippen LogP contribution in [0.5, 0.6) is 0 Å². The molecule has 0 atom stereocenters. The summed E-state index contributed by atoms with van der Waals surface area (Å²) in [7, 11) is 0. The Bertz CT molecular complexity index is 488. The first-order valence-electron chi connectivity index (χ1n) is 8.48. The number of hydrogen-bond donors (Lipinski definition) is 0. The highest BCUT2D eigenvalue weighted by atomic mass is 35.5. The monoisotopic (exact) mass is 320 g/mol. The van der Waals surface area contributed by atoms with E-state index in [-0.39, 0.29) is 5.91 Å². The van der Waals surface area contributed by atoms with Crippen LogP contribution in [0.2, 0.25) is 5.02 Å². The number of hydrogen-bond acceptors (Lipinski definition) is 2. The van der Waals surface area contributed by atoms with Crippen LogP contribution in [0.15, 0.2) is 24.3 Å². The van der Waals surface area contributed by atoms with E-state index in [1.807, 2.05) is 29.2 Å². The lowest BCUT2D eigenvalue weighted by Gasteiger charge is -2.40. The minimum atomic E-state index is 0.249. The average molecular weight is 321 g/mol. The Hall–Kier alpha value is -1.06. The zero-order valence-electron chi connectivity index (χ0n) is 13.1. The lowest BCUT2D eigenvalue weighted by Crippen LogP contribution is -2.48. The van der Waals surface area contributed by atoms with Gasteiger partial charge in [0.15, 0.2) is 0 Å². The number of amides is 1. The number of rotatable bonds is 3. The molecule has 0 bridgehead atoms. The lowest BCUT2D eigenvalue weighted by atomic mass is 9.99. The van der Waals surface area contributed by atoms with Crippen molar-refractivity contribution in [3.63, 3.8) is 0 Å². The third-order valence-electron chi connectivity index (χ3n) is 4.99. The number of piperidine rings is 2. The molecule has 1 aromatic rings. The Labute approximate surface area is 138 Å². The molecule has 3 rings (SSSR count). The van der Waals surface area contributed by atoms with E-state index >= 15 is 0 Å². The Morgan fingerprint density at radius 3 is 2.27 bits per heavy atom. The van der Waals surface area contributed by atoms with E-state index in [0.29, 0.717) is 12.5 Å². The fourth-order valence-corrected chi connectivity index (χ4v) is 3.78. The second kappa shape index (κ2) is 7.47. The van der Waals surface area contributed by atoms with Gasteiger partial charge in [-0.1, -0.05) is 30.2 Å². The van der Waals surface area contributed by atoms with Gasteiger partial charge in [-0.25, -0.2) is 0 Å². The van der Waals surface area contributed by atoms with Gasteiger partial charge in [0, 0.05) is 24.2 Å². The van der Waals surface area contributed by atoms with Crippen molar-refractivity contribution < 1.29 is 4.79 Å². The Balaban J connectivity index is 1.48. The molecule has 2 aliphatic rings. The fourth-order valence-electron chi connectivity index (χ4n) is 3.65. The van der Waals surface area contributed by atoms with Gasteiger partial charge in [0.05, 0.1) is 6.42 Å². The predicted molar refractivity (Wildman–Crippen MR) is 90.2 cm³/mol. The van der Waals surface area contributed by atoms with E-state index in [9.17, 15) is 4.79 Å². The normalized spacial score (nSPS) is 21.0. The molecule has 0 aliphatic carbocycles. The zero-order valence-corrected chi connectivity index (χ0v) is 13.9. The summed E-state index contributed by atoms with van der Waals surface area (Å²) in [4.78, 5) is 17.1. The molecule has 2 fully saturated rings. The molecular formula is C18H25ClN2O. The molecule has 1 amide bonds. The van der Waals surface area contributed by atoms with Crippen molar-refractivity contribution in [3.8, 4) is 0 Å². The van der Waals surface area contributed by atoms with E-state index < -0.39 is 0 Å². The third-order valence-corrected chi connectivity index (χ3v) is 5.24. The quantitative estimate of drug-likeness (QED) is 0.852. The van der Waals surface area contributed by atoms with Crippen LogP contribution in [-0.4, -0.2) is 47.9 Å². The van der Waals surface area contributed by atoms with Crippen LogP contribution < -0.4 is 0 Å². The predicted octanol–water partition coefficient (Wildman–Crippen LogP) is 3.36. The van der Waals surface area contributed by atoms with Gasteiger partial charge in [0.2, 0.25) is 5.91 Å². The van der Waals surface area contributed by atoms with Crippen LogP contribution >= 0.6 is 11.6 Å². The summed E-state index contributed by atoms with van der Waals surface area (Å²) in [5, 5.41) is 0.721. The van der Waals surface area contributed by atoms with Gasteiger partial charge in [-0.2, -0.15) is 0 Å². The molecule has 120 valence electrons. The van der Waals surface area contributed by atoms with Crippen LogP contribution in [0, 0.1) is 0 Å². The molecule has 0 unspecified atom stereocenters. The van der Waals surface area contributed by atoms with Crippen molar-refractivity contribution >= 4 is 17.5 Å². The van der Waals surface area contributed by atoms with Gasteiger partial charge in [0.1, 0.15) is 0 Å². The third kappa shape index (κ3) is 4.02.